The van der Waals surface area contributed by atoms with E-state index in [1.165, 1.54) is 24.6 Å². The van der Waals surface area contributed by atoms with Crippen molar-refractivity contribution in [3.05, 3.63) is 35.9 Å². The van der Waals surface area contributed by atoms with Crippen LogP contribution in [-0.4, -0.2) is 93.4 Å². The quantitative estimate of drug-likeness (QED) is 0.190. The predicted octanol–water partition coefficient (Wildman–Crippen LogP) is 7.03. The van der Waals surface area contributed by atoms with E-state index >= 15 is 0 Å². The van der Waals surface area contributed by atoms with Gasteiger partial charge < -0.3 is 24.5 Å². The van der Waals surface area contributed by atoms with E-state index in [0.29, 0.717) is 17.6 Å². The third kappa shape index (κ3) is 13.7. The Bertz CT molecular complexity index is 881. The standard InChI is InChI=1S/C16H21NO3.C9H19NOS.C7H15NOS/c1-17-12-7-8-13(17)10-14(9-12)20-16(19)15(18)11-5-3-2-4-6-11;1-4-7-10(8-5-2)9(11)12-6-3;1-3-5-8(6-4-2)7(9)10/h2-6,12-15,18H,7-10H2,1H3;4-8H2,1-3H3;3-6H2,1-2H3,(H,9,10)/t12-,13+,14+,15?;;. The van der Waals surface area contributed by atoms with E-state index in [1.54, 1.807) is 17.0 Å². The van der Waals surface area contributed by atoms with E-state index in [2.05, 4.69) is 52.3 Å². The molecule has 2 heterocycles. The van der Waals surface area contributed by atoms with Gasteiger partial charge in [0.2, 0.25) is 0 Å². The highest BCUT2D eigenvalue weighted by Gasteiger charge is 2.40. The zero-order valence-corrected chi connectivity index (χ0v) is 28.4. The third-order valence-electron chi connectivity index (χ3n) is 7.45. The van der Waals surface area contributed by atoms with Gasteiger partial charge in [0.05, 0.1) is 0 Å². The van der Waals surface area contributed by atoms with E-state index in [-0.39, 0.29) is 16.6 Å². The number of thioether (sulfide) groups is 1. The number of thiol groups is 1. The fourth-order valence-corrected chi connectivity index (χ4v) is 6.16. The van der Waals surface area contributed by atoms with Gasteiger partial charge in [-0.15, -0.1) is 0 Å². The Balaban J connectivity index is 0.000000346. The summed E-state index contributed by atoms with van der Waals surface area (Å²) in [6, 6.07) is 10.0. The molecule has 1 unspecified atom stereocenters. The average Bonchev–Trinajstić information content (AvgIpc) is 3.17. The molecule has 2 fully saturated rings. The Morgan fingerprint density at radius 1 is 0.905 bits per heavy atom. The van der Waals surface area contributed by atoms with Crippen molar-refractivity contribution in [1.82, 2.24) is 14.7 Å². The highest BCUT2D eigenvalue weighted by Crippen LogP contribution is 2.36. The fourth-order valence-electron chi connectivity index (χ4n) is 5.35. The molecule has 2 amide bonds. The van der Waals surface area contributed by atoms with Gasteiger partial charge in [-0.05, 0) is 69.7 Å². The Kier molecular flexibility index (Phi) is 19.9. The van der Waals surface area contributed by atoms with E-state index < -0.39 is 12.1 Å². The zero-order chi connectivity index (χ0) is 31.5. The van der Waals surface area contributed by atoms with Crippen LogP contribution in [0.4, 0.5) is 9.59 Å². The highest BCUT2D eigenvalue weighted by atomic mass is 32.2. The molecule has 2 aliphatic heterocycles. The molecule has 8 nitrogen and oxygen atoms in total. The number of rotatable bonds is 12. The van der Waals surface area contributed by atoms with Crippen molar-refractivity contribution in [3.8, 4) is 0 Å². The lowest BCUT2D eigenvalue weighted by molar-refractivity contribution is -0.162. The maximum Gasteiger partial charge on any atom is 0.339 e. The van der Waals surface area contributed by atoms with Gasteiger partial charge in [-0.1, -0.05) is 89.3 Å². The largest absolute Gasteiger partial charge is 0.460 e. The number of carbonyl (C=O) groups excluding carboxylic acids is 3. The topological polar surface area (TPSA) is 90.4 Å². The van der Waals surface area contributed by atoms with Crippen LogP contribution in [0.15, 0.2) is 30.3 Å². The average molecular weight is 626 g/mol. The normalized spacial score (nSPS) is 19.9. The molecule has 0 radical (unpaired) electrons. The van der Waals surface area contributed by atoms with Crippen molar-refractivity contribution in [1.29, 1.82) is 0 Å². The summed E-state index contributed by atoms with van der Waals surface area (Å²) in [5, 5.41) is 10.2. The summed E-state index contributed by atoms with van der Waals surface area (Å²) in [5.41, 5.74) is 0.591. The van der Waals surface area contributed by atoms with Crippen molar-refractivity contribution >= 4 is 40.8 Å². The number of aliphatic hydroxyl groups excluding tert-OH is 1. The predicted molar refractivity (Wildman–Crippen MR) is 177 cm³/mol. The molecule has 0 aromatic heterocycles. The minimum atomic E-state index is -1.17. The van der Waals surface area contributed by atoms with Gasteiger partial charge in [0.1, 0.15) is 6.10 Å². The maximum atomic E-state index is 12.0. The van der Waals surface area contributed by atoms with Gasteiger partial charge in [-0.3, -0.25) is 9.59 Å². The number of aliphatic hydroxyl groups is 1. The van der Waals surface area contributed by atoms with Gasteiger partial charge in [-0.2, -0.15) is 0 Å². The Labute approximate surface area is 264 Å². The first kappa shape index (κ1) is 38.3. The van der Waals surface area contributed by atoms with Crippen molar-refractivity contribution in [2.24, 2.45) is 0 Å². The molecule has 1 aromatic rings. The van der Waals surface area contributed by atoms with Crippen LogP contribution in [0.2, 0.25) is 0 Å². The van der Waals surface area contributed by atoms with Crippen molar-refractivity contribution in [2.75, 3.05) is 39.0 Å². The summed E-state index contributed by atoms with van der Waals surface area (Å²) in [7, 11) is 2.15. The van der Waals surface area contributed by atoms with Crippen LogP contribution in [0.25, 0.3) is 0 Å². The lowest BCUT2D eigenvalue weighted by atomic mass is 10.0. The molecule has 0 aliphatic carbocycles. The molecule has 0 saturated carbocycles. The van der Waals surface area contributed by atoms with E-state index in [9.17, 15) is 19.5 Å². The molecule has 2 aliphatic rings. The SMILES string of the molecule is CCCN(CCC)C(=O)S.CCCN(CCC)C(=O)SCC.CN1[C@@H]2CC[C@H]1C[C@@H](OC(=O)C(O)c1ccccc1)C2. The molecular formula is C32H55N3O5S2. The van der Waals surface area contributed by atoms with Crippen molar-refractivity contribution in [3.63, 3.8) is 0 Å². The summed E-state index contributed by atoms with van der Waals surface area (Å²) >= 11 is 5.15. The lowest BCUT2D eigenvalue weighted by Gasteiger charge is -2.36. The molecule has 240 valence electrons. The number of amides is 2. The zero-order valence-electron chi connectivity index (χ0n) is 26.7. The fraction of sp³-hybridized carbons (Fsp3) is 0.719. The number of nitrogens with zero attached hydrogens (tertiary/aromatic N) is 3. The summed E-state index contributed by atoms with van der Waals surface area (Å²) in [5.74, 6) is 0.355. The van der Waals surface area contributed by atoms with E-state index in [0.717, 1.165) is 70.5 Å². The first-order valence-corrected chi connectivity index (χ1v) is 17.1. The summed E-state index contributed by atoms with van der Waals surface area (Å²) < 4.78 is 5.52. The minimum absolute atomic E-state index is 0.0467. The van der Waals surface area contributed by atoms with Crippen LogP contribution in [-0.2, 0) is 9.53 Å². The monoisotopic (exact) mass is 625 g/mol. The van der Waals surface area contributed by atoms with Crippen LogP contribution in [0, 0.1) is 0 Å². The molecule has 2 saturated heterocycles. The first-order valence-electron chi connectivity index (χ1n) is 15.7. The van der Waals surface area contributed by atoms with Gasteiger partial charge in [-0.25, -0.2) is 4.79 Å². The van der Waals surface area contributed by atoms with E-state index in [1.807, 2.05) is 30.0 Å². The van der Waals surface area contributed by atoms with Crippen LogP contribution in [0.3, 0.4) is 0 Å². The van der Waals surface area contributed by atoms with Gasteiger partial charge in [0.25, 0.3) is 10.5 Å². The van der Waals surface area contributed by atoms with Crippen molar-refractivity contribution < 1.29 is 24.2 Å². The molecular weight excluding hydrogens is 571 g/mol. The number of piperidine rings is 1. The number of benzene rings is 1. The molecule has 42 heavy (non-hydrogen) atoms. The summed E-state index contributed by atoms with van der Waals surface area (Å²) in [4.78, 5) is 40.3. The van der Waals surface area contributed by atoms with E-state index in [4.69, 9.17) is 4.74 Å². The smallest absolute Gasteiger partial charge is 0.339 e. The molecule has 10 heteroatoms. The van der Waals surface area contributed by atoms with Crippen LogP contribution >= 0.6 is 24.4 Å². The molecule has 4 atom stereocenters. The molecule has 0 spiro atoms. The summed E-state index contributed by atoms with van der Waals surface area (Å²) in [6.07, 6.45) is 7.06. The Morgan fingerprint density at radius 3 is 1.81 bits per heavy atom. The van der Waals surface area contributed by atoms with Crippen LogP contribution in [0.1, 0.15) is 97.7 Å². The second-order valence-electron chi connectivity index (χ2n) is 10.8. The third-order valence-corrected chi connectivity index (χ3v) is 8.52. The molecule has 2 bridgehead atoms. The maximum absolute atomic E-state index is 12.0. The molecule has 3 rings (SSSR count). The van der Waals surface area contributed by atoms with Gasteiger partial charge >= 0.3 is 5.97 Å². The number of carbonyl (C=O) groups is 3. The minimum Gasteiger partial charge on any atom is -0.460 e. The van der Waals surface area contributed by atoms with Crippen LogP contribution < -0.4 is 0 Å². The number of hydrogen-bond acceptors (Lipinski definition) is 7. The summed E-state index contributed by atoms with van der Waals surface area (Å²) in [6.45, 7) is 13.8. The second-order valence-corrected chi connectivity index (χ2v) is 12.4. The second kappa shape index (κ2) is 21.9. The number of ether oxygens (including phenoxy) is 1. The highest BCUT2D eigenvalue weighted by molar-refractivity contribution is 8.13. The first-order chi connectivity index (χ1) is 20.1. The number of hydrogen-bond donors (Lipinski definition) is 2. The Morgan fingerprint density at radius 2 is 1.38 bits per heavy atom. The number of esters is 1. The van der Waals surface area contributed by atoms with Crippen LogP contribution in [0.5, 0.6) is 0 Å². The van der Waals surface area contributed by atoms with Gasteiger partial charge in [0, 0.05) is 38.3 Å². The molecule has 1 N–H and O–H groups in total. The molecule has 1 aromatic carbocycles. The van der Waals surface area contributed by atoms with Gasteiger partial charge in [0.15, 0.2) is 6.10 Å². The Hall–Kier alpha value is -1.75. The number of fused-ring (bicyclic) bond motifs is 2. The van der Waals surface area contributed by atoms with Crippen molar-refractivity contribution in [2.45, 2.75) is 110 Å². The lowest BCUT2D eigenvalue weighted by Crippen LogP contribution is -2.43.